The highest BCUT2D eigenvalue weighted by atomic mass is 79.9. The number of nitrogens with one attached hydrogen (secondary N) is 2. The Morgan fingerprint density at radius 3 is 2.76 bits per heavy atom. The second kappa shape index (κ2) is 4.08. The van der Waals surface area contributed by atoms with Crippen LogP contribution in [-0.2, 0) is 10.5 Å². The molecule has 2 heterocycles. The first-order valence-corrected chi connectivity index (χ1v) is 7.11. The molecule has 104 valence electrons. The van der Waals surface area contributed by atoms with E-state index in [-0.39, 0.29) is 5.91 Å². The predicted molar refractivity (Wildman–Crippen MR) is 79.0 cm³/mol. The summed E-state index contributed by atoms with van der Waals surface area (Å²) >= 11 is 3.37. The minimum atomic E-state index is -1.51. The van der Waals surface area contributed by atoms with Gasteiger partial charge in [0.1, 0.15) is 5.75 Å². The topological polar surface area (TPSA) is 67.4 Å². The van der Waals surface area contributed by atoms with Crippen molar-refractivity contribution in [1.29, 1.82) is 0 Å². The van der Waals surface area contributed by atoms with Gasteiger partial charge in [-0.25, -0.2) is 0 Å². The zero-order valence-corrected chi connectivity index (χ0v) is 12.2. The van der Waals surface area contributed by atoms with Gasteiger partial charge < -0.3 is 15.4 Å². The van der Waals surface area contributed by atoms with Crippen LogP contribution in [0.3, 0.4) is 0 Å². The second-order valence-corrected chi connectivity index (χ2v) is 5.79. The Morgan fingerprint density at radius 2 is 1.90 bits per heavy atom. The fourth-order valence-electron chi connectivity index (χ4n) is 2.64. The van der Waals surface area contributed by atoms with Crippen molar-refractivity contribution in [2.75, 3.05) is 5.32 Å². The van der Waals surface area contributed by atoms with E-state index < -0.39 is 11.6 Å². The van der Waals surface area contributed by atoms with Gasteiger partial charge in [-0.2, -0.15) is 0 Å². The van der Waals surface area contributed by atoms with Crippen molar-refractivity contribution < 1.29 is 14.3 Å². The lowest BCUT2D eigenvalue weighted by Gasteiger charge is -2.34. The maximum Gasteiger partial charge on any atom is 0.295 e. The predicted octanol–water partition coefficient (Wildman–Crippen LogP) is 2.38. The molecule has 21 heavy (non-hydrogen) atoms. The fourth-order valence-corrected chi connectivity index (χ4v) is 3.00. The molecule has 1 spiro atoms. The Hall–Kier alpha value is -2.34. The molecule has 2 N–H and O–H groups in total. The molecule has 0 radical (unpaired) electrons. The number of benzene rings is 2. The van der Waals surface area contributed by atoms with E-state index in [1.807, 2.05) is 6.07 Å². The van der Waals surface area contributed by atoms with Gasteiger partial charge in [-0.05, 0) is 30.3 Å². The van der Waals surface area contributed by atoms with Crippen molar-refractivity contribution in [1.82, 2.24) is 5.32 Å². The highest BCUT2D eigenvalue weighted by Crippen LogP contribution is 2.42. The van der Waals surface area contributed by atoms with E-state index in [2.05, 4.69) is 26.6 Å². The number of ether oxygens (including phenoxy) is 1. The molecule has 0 aromatic heterocycles. The van der Waals surface area contributed by atoms with Crippen LogP contribution in [0.2, 0.25) is 0 Å². The molecular weight excluding hydrogens is 336 g/mol. The van der Waals surface area contributed by atoms with E-state index >= 15 is 0 Å². The van der Waals surface area contributed by atoms with Crippen molar-refractivity contribution in [3.8, 4) is 5.75 Å². The molecule has 2 aliphatic rings. The summed E-state index contributed by atoms with van der Waals surface area (Å²) in [6, 6.07) is 12.2. The van der Waals surface area contributed by atoms with Crippen LogP contribution in [0.15, 0.2) is 46.9 Å². The lowest BCUT2D eigenvalue weighted by molar-refractivity contribution is -0.133. The Morgan fingerprint density at radius 1 is 1.10 bits per heavy atom. The minimum Gasteiger partial charge on any atom is -0.453 e. The van der Waals surface area contributed by atoms with Gasteiger partial charge in [0.25, 0.3) is 17.5 Å². The number of hydrogen-bond donors (Lipinski definition) is 2. The third kappa shape index (κ3) is 1.62. The molecule has 2 amide bonds. The fraction of sp³-hybridized carbons (Fsp3) is 0.0667. The van der Waals surface area contributed by atoms with E-state index in [1.165, 1.54) is 0 Å². The lowest BCUT2D eigenvalue weighted by Crippen LogP contribution is -2.57. The molecule has 4 rings (SSSR count). The summed E-state index contributed by atoms with van der Waals surface area (Å²) in [5.41, 5.74) is 0.122. The first-order valence-electron chi connectivity index (χ1n) is 6.32. The number of amides is 2. The van der Waals surface area contributed by atoms with E-state index in [0.29, 0.717) is 22.6 Å². The van der Waals surface area contributed by atoms with Gasteiger partial charge in [-0.15, -0.1) is 0 Å². The zero-order chi connectivity index (χ0) is 14.6. The van der Waals surface area contributed by atoms with Gasteiger partial charge in [0.05, 0.1) is 16.8 Å². The minimum absolute atomic E-state index is 0.333. The number of rotatable bonds is 0. The quantitative estimate of drug-likeness (QED) is 0.770. The largest absolute Gasteiger partial charge is 0.453 e. The van der Waals surface area contributed by atoms with Gasteiger partial charge in [0, 0.05) is 4.47 Å². The molecule has 5 nitrogen and oxygen atoms in total. The van der Waals surface area contributed by atoms with Crippen molar-refractivity contribution in [3.05, 3.63) is 58.1 Å². The van der Waals surface area contributed by atoms with Gasteiger partial charge in [0.15, 0.2) is 0 Å². The summed E-state index contributed by atoms with van der Waals surface area (Å²) in [4.78, 5) is 24.7. The number of anilines is 1. The highest BCUT2D eigenvalue weighted by Gasteiger charge is 2.53. The van der Waals surface area contributed by atoms with E-state index in [9.17, 15) is 9.59 Å². The van der Waals surface area contributed by atoms with Crippen LogP contribution in [0.25, 0.3) is 0 Å². The average Bonchev–Trinajstić information content (AvgIpc) is 2.72. The van der Waals surface area contributed by atoms with Gasteiger partial charge in [-0.3, -0.25) is 9.59 Å². The number of fused-ring (bicyclic) bond motifs is 3. The molecule has 1 atom stereocenters. The molecular formula is C15H9BrN2O3. The summed E-state index contributed by atoms with van der Waals surface area (Å²) in [6.45, 7) is 0. The van der Waals surface area contributed by atoms with Gasteiger partial charge >= 0.3 is 0 Å². The van der Waals surface area contributed by atoms with Crippen LogP contribution < -0.4 is 15.4 Å². The number of para-hydroxylation sites is 1. The zero-order valence-electron chi connectivity index (χ0n) is 10.6. The van der Waals surface area contributed by atoms with E-state index in [1.54, 1.807) is 36.4 Å². The van der Waals surface area contributed by atoms with Crippen molar-refractivity contribution in [3.63, 3.8) is 0 Å². The van der Waals surface area contributed by atoms with Crippen LogP contribution in [-0.4, -0.2) is 11.8 Å². The normalized spacial score (nSPS) is 22.1. The first kappa shape index (κ1) is 12.4. The highest BCUT2D eigenvalue weighted by molar-refractivity contribution is 9.10. The summed E-state index contributed by atoms with van der Waals surface area (Å²) < 4.78 is 6.68. The average molecular weight is 345 g/mol. The third-order valence-corrected chi connectivity index (χ3v) is 4.11. The molecule has 0 aliphatic carbocycles. The molecule has 2 aromatic carbocycles. The molecule has 2 aromatic rings. The van der Waals surface area contributed by atoms with E-state index in [0.717, 1.165) is 4.47 Å². The maximum absolute atomic E-state index is 12.4. The van der Waals surface area contributed by atoms with Gasteiger partial charge in [0.2, 0.25) is 0 Å². The Kier molecular flexibility index (Phi) is 2.41. The first-order chi connectivity index (χ1) is 10.1. The summed E-state index contributed by atoms with van der Waals surface area (Å²) in [6.07, 6.45) is 0. The second-order valence-electron chi connectivity index (χ2n) is 4.88. The number of carbonyl (C=O) groups is 2. The summed E-state index contributed by atoms with van der Waals surface area (Å²) in [7, 11) is 0. The van der Waals surface area contributed by atoms with Crippen LogP contribution in [0.5, 0.6) is 5.75 Å². The molecule has 0 saturated heterocycles. The van der Waals surface area contributed by atoms with Gasteiger partial charge in [-0.1, -0.05) is 28.1 Å². The molecule has 0 bridgehead atoms. The Labute approximate surface area is 128 Å². The Bertz CT molecular complexity index is 805. The number of hydrogen-bond acceptors (Lipinski definition) is 3. The smallest absolute Gasteiger partial charge is 0.295 e. The van der Waals surface area contributed by atoms with Crippen LogP contribution in [0.1, 0.15) is 15.9 Å². The monoisotopic (exact) mass is 344 g/mol. The number of halogens is 1. The van der Waals surface area contributed by atoms with Crippen molar-refractivity contribution in [2.24, 2.45) is 0 Å². The molecule has 6 heteroatoms. The third-order valence-electron chi connectivity index (χ3n) is 3.61. The Balaban J connectivity index is 1.93. The van der Waals surface area contributed by atoms with Crippen LogP contribution in [0, 0.1) is 0 Å². The standard InChI is InChI=1S/C15H9BrN2O3/c16-8-5-6-11-10(7-8)15(14(20)17-11)18-13(19)9-3-1-2-4-12(9)21-15/h1-7H,(H,17,20)(H,18,19)/t15-/m0/s1. The van der Waals surface area contributed by atoms with Crippen molar-refractivity contribution >= 4 is 33.4 Å². The summed E-state index contributed by atoms with van der Waals surface area (Å²) in [5.74, 6) is -0.345. The molecule has 0 saturated carbocycles. The lowest BCUT2D eigenvalue weighted by atomic mass is 10.0. The molecule has 0 unspecified atom stereocenters. The number of carbonyl (C=O) groups excluding carboxylic acids is 2. The maximum atomic E-state index is 12.4. The van der Waals surface area contributed by atoms with Crippen molar-refractivity contribution in [2.45, 2.75) is 5.72 Å². The summed E-state index contributed by atoms with van der Waals surface area (Å²) in [5, 5.41) is 5.42. The SMILES string of the molecule is O=C1N[C@@]2(Oc3ccccc31)C(=O)Nc1ccc(Br)cc12. The van der Waals surface area contributed by atoms with E-state index in [4.69, 9.17) is 4.74 Å². The van der Waals surface area contributed by atoms with Crippen LogP contribution >= 0.6 is 15.9 Å². The van der Waals surface area contributed by atoms with Crippen LogP contribution in [0.4, 0.5) is 5.69 Å². The molecule has 0 fully saturated rings. The molecule has 2 aliphatic heterocycles.